The number of methoxy groups -OCH3 is 1. The number of fused-ring (bicyclic) bond motifs is 1. The van der Waals surface area contributed by atoms with Crippen LogP contribution in [0.5, 0.6) is 5.75 Å². The molecule has 0 spiro atoms. The maximum Gasteiger partial charge on any atom is 0.635 e. The van der Waals surface area contributed by atoms with E-state index in [-0.39, 0.29) is 12.3 Å². The summed E-state index contributed by atoms with van der Waals surface area (Å²) in [5, 5.41) is 22.6. The second-order valence-electron chi connectivity index (χ2n) is 7.94. The molecule has 34 heavy (non-hydrogen) atoms. The third-order valence-corrected chi connectivity index (χ3v) is 5.67. The highest BCUT2D eigenvalue weighted by Gasteiger charge is 2.27. The lowest BCUT2D eigenvalue weighted by atomic mass is 9.91. The zero-order chi connectivity index (χ0) is 23.9. The predicted octanol–water partition coefficient (Wildman–Crippen LogP) is 3.44. The molecule has 0 aliphatic rings. The van der Waals surface area contributed by atoms with E-state index in [0.29, 0.717) is 12.0 Å². The highest BCUT2D eigenvalue weighted by atomic mass is 16.6. The fourth-order valence-corrected chi connectivity index (χ4v) is 3.97. The molecule has 0 radical (unpaired) electrons. The van der Waals surface area contributed by atoms with E-state index in [9.17, 15) is 14.8 Å². The van der Waals surface area contributed by atoms with Crippen LogP contribution in [0.15, 0.2) is 89.5 Å². The Labute approximate surface area is 198 Å². The molecule has 0 aliphatic carbocycles. The molecular formula is C26H26BNO6. The first-order valence-electron chi connectivity index (χ1n) is 11.0. The predicted molar refractivity (Wildman–Crippen MR) is 129 cm³/mol. The minimum Gasteiger partial charge on any atom is -0.497 e. The van der Waals surface area contributed by atoms with E-state index in [1.54, 1.807) is 13.4 Å². The van der Waals surface area contributed by atoms with Crippen LogP contribution >= 0.6 is 0 Å². The van der Waals surface area contributed by atoms with Crippen LogP contribution in [-0.2, 0) is 22.3 Å². The van der Waals surface area contributed by atoms with Crippen LogP contribution in [-0.4, -0.2) is 36.6 Å². The molecule has 1 heterocycles. The minimum absolute atomic E-state index is 0.199. The summed E-state index contributed by atoms with van der Waals surface area (Å²) in [4.78, 5) is 13.5. The smallest absolute Gasteiger partial charge is 0.497 e. The Morgan fingerprint density at radius 3 is 2.38 bits per heavy atom. The van der Waals surface area contributed by atoms with Crippen LogP contribution in [0.3, 0.4) is 0 Å². The van der Waals surface area contributed by atoms with Crippen LogP contribution < -0.4 is 10.1 Å². The number of amides is 1. The molecule has 7 nitrogen and oxygen atoms in total. The van der Waals surface area contributed by atoms with E-state index in [2.05, 4.69) is 5.32 Å². The average molecular weight is 459 g/mol. The maximum atomic E-state index is 13.5. The number of benzene rings is 3. The van der Waals surface area contributed by atoms with Gasteiger partial charge >= 0.3 is 7.32 Å². The first-order valence-corrected chi connectivity index (χ1v) is 11.0. The van der Waals surface area contributed by atoms with Gasteiger partial charge in [-0.05, 0) is 35.7 Å². The molecule has 3 N–H and O–H groups in total. The van der Waals surface area contributed by atoms with E-state index < -0.39 is 19.5 Å². The summed E-state index contributed by atoms with van der Waals surface area (Å²) < 4.78 is 16.0. The Morgan fingerprint density at radius 2 is 1.68 bits per heavy atom. The first kappa shape index (κ1) is 23.6. The number of hydrogen-bond donors (Lipinski definition) is 3. The Hall–Kier alpha value is -3.59. The molecule has 1 unspecified atom stereocenters. The van der Waals surface area contributed by atoms with Gasteiger partial charge in [0.15, 0.2) is 0 Å². The van der Waals surface area contributed by atoms with Gasteiger partial charge in [-0.3, -0.25) is 4.79 Å². The number of rotatable bonds is 10. The lowest BCUT2D eigenvalue weighted by Gasteiger charge is -2.23. The number of carbonyl (C=O) groups is 1. The lowest BCUT2D eigenvalue weighted by Crippen LogP contribution is -2.44. The minimum atomic E-state index is -2.04. The Morgan fingerprint density at radius 1 is 0.971 bits per heavy atom. The summed E-state index contributed by atoms with van der Waals surface area (Å²) in [5.74, 6) is -0.0692. The lowest BCUT2D eigenvalue weighted by molar-refractivity contribution is -0.125. The van der Waals surface area contributed by atoms with Crippen molar-refractivity contribution in [1.82, 2.24) is 5.32 Å². The van der Waals surface area contributed by atoms with Gasteiger partial charge in [-0.1, -0.05) is 60.7 Å². The molecule has 0 saturated heterocycles. The van der Waals surface area contributed by atoms with Crippen molar-refractivity contribution in [1.29, 1.82) is 0 Å². The molecule has 3 aromatic carbocycles. The molecule has 0 bridgehead atoms. The fourth-order valence-electron chi connectivity index (χ4n) is 3.97. The fraction of sp³-hybridized carbons (Fsp3) is 0.192. The number of carbonyl (C=O) groups excluding carboxylic acids is 1. The van der Waals surface area contributed by atoms with Crippen molar-refractivity contribution in [2.75, 3.05) is 7.11 Å². The summed E-state index contributed by atoms with van der Waals surface area (Å²) >= 11 is 0. The highest BCUT2D eigenvalue weighted by molar-refractivity contribution is 6.32. The Kier molecular flexibility index (Phi) is 7.64. The monoisotopic (exact) mass is 459 g/mol. The molecule has 1 amide bonds. The van der Waals surface area contributed by atoms with E-state index in [1.165, 1.54) is 0 Å². The zero-order valence-corrected chi connectivity index (χ0v) is 18.8. The summed E-state index contributed by atoms with van der Waals surface area (Å²) in [5.41, 5.74) is 3.29. The van der Waals surface area contributed by atoms with E-state index in [4.69, 9.17) is 13.8 Å². The van der Waals surface area contributed by atoms with E-state index >= 15 is 0 Å². The first-order chi connectivity index (χ1) is 16.5. The van der Waals surface area contributed by atoms with Gasteiger partial charge in [-0.2, -0.15) is 0 Å². The van der Waals surface area contributed by atoms with Gasteiger partial charge in [-0.25, -0.2) is 0 Å². The zero-order valence-electron chi connectivity index (χ0n) is 18.8. The summed E-state index contributed by atoms with van der Waals surface area (Å²) in [6.45, 7) is 0. The summed E-state index contributed by atoms with van der Waals surface area (Å²) in [6, 6.07) is 24.5. The number of nitrogens with one attached hydrogen (secondary N) is 1. The van der Waals surface area contributed by atoms with Gasteiger partial charge in [0.2, 0.25) is 5.91 Å². The van der Waals surface area contributed by atoms with Crippen molar-refractivity contribution in [3.8, 4) is 5.75 Å². The number of furan rings is 1. The summed E-state index contributed by atoms with van der Waals surface area (Å²) in [6.07, 6.45) is 1.26. The average Bonchev–Trinajstić information content (AvgIpc) is 3.25. The van der Waals surface area contributed by atoms with Crippen molar-refractivity contribution in [2.24, 2.45) is 0 Å². The molecule has 8 heteroatoms. The summed E-state index contributed by atoms with van der Waals surface area (Å²) in [7, 11) is -0.436. The largest absolute Gasteiger partial charge is 0.635 e. The second kappa shape index (κ2) is 11.0. The Balaban J connectivity index is 1.56. The van der Waals surface area contributed by atoms with Gasteiger partial charge in [0.05, 0.1) is 19.3 Å². The van der Waals surface area contributed by atoms with Crippen LogP contribution in [0.4, 0.5) is 0 Å². The number of para-hydroxylation sites is 1. The quantitative estimate of drug-likeness (QED) is 0.248. The topological polar surface area (TPSA) is 101 Å². The van der Waals surface area contributed by atoms with E-state index in [0.717, 1.165) is 27.8 Å². The molecule has 4 rings (SSSR count). The van der Waals surface area contributed by atoms with Crippen molar-refractivity contribution in [3.63, 3.8) is 0 Å². The SMILES string of the molecule is COc1ccc(CC(C(=O)N[C@@H](Cc2coc3ccccc23)OB(O)O)c2ccccc2)cc1. The normalized spacial score (nSPS) is 12.8. The van der Waals surface area contributed by atoms with Crippen LogP contribution in [0.25, 0.3) is 11.0 Å². The van der Waals surface area contributed by atoms with Gasteiger partial charge in [0.1, 0.15) is 17.6 Å². The standard InChI is InChI=1S/C26H26BNO6/c1-32-21-13-11-18(12-14-21)15-23(19-7-3-2-4-8-19)26(29)28-25(34-27(30)31)16-20-17-33-24-10-6-5-9-22(20)24/h2-14,17,23,25,30-31H,15-16H2,1H3,(H,28,29)/t23?,25-/m1/s1. The molecule has 0 aliphatic heterocycles. The van der Waals surface area contributed by atoms with Gasteiger partial charge in [0, 0.05) is 17.4 Å². The van der Waals surface area contributed by atoms with Gasteiger partial charge in [0.25, 0.3) is 0 Å². The molecule has 1 aromatic heterocycles. The molecule has 4 aromatic rings. The third-order valence-electron chi connectivity index (χ3n) is 5.67. The van der Waals surface area contributed by atoms with Crippen LogP contribution in [0, 0.1) is 0 Å². The van der Waals surface area contributed by atoms with Gasteiger partial charge in [-0.15, -0.1) is 0 Å². The second-order valence-corrected chi connectivity index (χ2v) is 7.94. The van der Waals surface area contributed by atoms with Crippen molar-refractivity contribution < 1.29 is 28.7 Å². The molecule has 2 atom stereocenters. The van der Waals surface area contributed by atoms with Crippen molar-refractivity contribution in [3.05, 3.63) is 102 Å². The van der Waals surface area contributed by atoms with Crippen molar-refractivity contribution >= 4 is 24.2 Å². The molecule has 174 valence electrons. The molecular weight excluding hydrogens is 433 g/mol. The van der Waals surface area contributed by atoms with Crippen LogP contribution in [0.2, 0.25) is 0 Å². The number of ether oxygens (including phenoxy) is 1. The van der Waals surface area contributed by atoms with Crippen LogP contribution in [0.1, 0.15) is 22.6 Å². The molecule has 0 saturated carbocycles. The highest BCUT2D eigenvalue weighted by Crippen LogP contribution is 2.25. The van der Waals surface area contributed by atoms with Crippen molar-refractivity contribution in [2.45, 2.75) is 25.0 Å². The third kappa shape index (κ3) is 5.85. The maximum absolute atomic E-state index is 13.5. The molecule has 0 fully saturated rings. The Bertz CT molecular complexity index is 1210. The van der Waals surface area contributed by atoms with Gasteiger partial charge < -0.3 is 29.2 Å². The number of hydrogen-bond acceptors (Lipinski definition) is 6. The van der Waals surface area contributed by atoms with E-state index in [1.807, 2.05) is 78.9 Å².